The minimum atomic E-state index is -3.37. The molecule has 0 aliphatic carbocycles. The summed E-state index contributed by atoms with van der Waals surface area (Å²) in [6, 6.07) is 7.71. The summed E-state index contributed by atoms with van der Waals surface area (Å²) in [5.74, 6) is 1.27. The number of fused-ring (bicyclic) bond motifs is 1. The molecule has 2 heterocycles. The largest absolute Gasteiger partial charge is 0.381 e. The molecule has 1 atom stereocenters. The van der Waals surface area contributed by atoms with E-state index in [2.05, 4.69) is 15.2 Å². The lowest BCUT2D eigenvalue weighted by Gasteiger charge is -2.24. The molecule has 28 heavy (non-hydrogen) atoms. The average Bonchev–Trinajstić information content (AvgIpc) is 3.30. The van der Waals surface area contributed by atoms with Crippen LogP contribution in [0.1, 0.15) is 18.9 Å². The van der Waals surface area contributed by atoms with E-state index in [0.717, 1.165) is 56.4 Å². The maximum absolute atomic E-state index is 12.8. The highest BCUT2D eigenvalue weighted by molar-refractivity contribution is 14.0. The van der Waals surface area contributed by atoms with Crippen LogP contribution in [0.5, 0.6) is 0 Å². The molecule has 0 aromatic heterocycles. The zero-order chi connectivity index (χ0) is 19.3. The number of nitrogens with one attached hydrogen (secondary N) is 1. The highest BCUT2D eigenvalue weighted by atomic mass is 127. The zero-order valence-electron chi connectivity index (χ0n) is 16.6. The average molecular weight is 522 g/mol. The number of rotatable bonds is 7. The van der Waals surface area contributed by atoms with Crippen molar-refractivity contribution in [3.8, 4) is 0 Å². The van der Waals surface area contributed by atoms with Gasteiger partial charge in [0.05, 0.1) is 24.6 Å². The van der Waals surface area contributed by atoms with Crippen molar-refractivity contribution in [1.82, 2.24) is 10.2 Å². The Kier molecular flexibility index (Phi) is 8.81. The van der Waals surface area contributed by atoms with Crippen molar-refractivity contribution >= 4 is 45.6 Å². The molecule has 0 bridgehead atoms. The molecule has 1 fully saturated rings. The number of anilines is 1. The number of hydrogen-bond acceptors (Lipinski definition) is 4. The third-order valence-electron chi connectivity index (χ3n) is 5.04. The molecule has 0 spiro atoms. The van der Waals surface area contributed by atoms with Gasteiger partial charge in [0.25, 0.3) is 0 Å². The summed E-state index contributed by atoms with van der Waals surface area (Å²) < 4.78 is 32.5. The maximum atomic E-state index is 12.8. The number of aliphatic imine (C=N–C) groups is 1. The quantitative estimate of drug-likeness (QED) is 0.337. The molecule has 7 nitrogen and oxygen atoms in total. The van der Waals surface area contributed by atoms with Crippen LogP contribution >= 0.6 is 24.0 Å². The Morgan fingerprint density at radius 1 is 1.39 bits per heavy atom. The zero-order valence-corrected chi connectivity index (χ0v) is 19.8. The standard InChI is InChI=1S/C19H30N4O3S.HI/c1-3-20-19(22(2)14-16-9-12-26-15-16)21-10-13-27(24,25)23-11-8-17-6-4-5-7-18(17)23;/h4-7,16H,3,8-15H2,1-2H3,(H,20,21);1H. The lowest BCUT2D eigenvalue weighted by Crippen LogP contribution is -2.42. The predicted molar refractivity (Wildman–Crippen MR) is 124 cm³/mol. The van der Waals surface area contributed by atoms with Crippen LogP contribution < -0.4 is 9.62 Å². The Bertz CT molecular complexity index is 766. The lowest BCUT2D eigenvalue weighted by atomic mass is 10.1. The summed E-state index contributed by atoms with van der Waals surface area (Å²) >= 11 is 0. The van der Waals surface area contributed by atoms with Crippen LogP contribution in [0.25, 0.3) is 0 Å². The van der Waals surface area contributed by atoms with Gasteiger partial charge in [-0.1, -0.05) is 18.2 Å². The van der Waals surface area contributed by atoms with Crippen LogP contribution in [0.15, 0.2) is 29.3 Å². The molecular formula is C19H31IN4O3S. The molecule has 1 N–H and O–H groups in total. The van der Waals surface area contributed by atoms with E-state index in [1.807, 2.05) is 38.2 Å². The molecule has 0 radical (unpaired) electrons. The first-order valence-electron chi connectivity index (χ1n) is 9.66. The Balaban J connectivity index is 0.00000280. The van der Waals surface area contributed by atoms with Gasteiger partial charge in [-0.25, -0.2) is 8.42 Å². The maximum Gasteiger partial charge on any atom is 0.237 e. The third kappa shape index (κ3) is 5.73. The van der Waals surface area contributed by atoms with Crippen molar-refractivity contribution in [1.29, 1.82) is 0 Å². The van der Waals surface area contributed by atoms with Gasteiger partial charge < -0.3 is 15.0 Å². The Morgan fingerprint density at radius 2 is 2.18 bits per heavy atom. The first kappa shape index (κ1) is 23.2. The summed E-state index contributed by atoms with van der Waals surface area (Å²) in [5.41, 5.74) is 1.91. The summed E-state index contributed by atoms with van der Waals surface area (Å²) in [6.45, 7) is 5.99. The third-order valence-corrected chi connectivity index (χ3v) is 6.79. The summed E-state index contributed by atoms with van der Waals surface area (Å²) in [6.07, 6.45) is 1.83. The van der Waals surface area contributed by atoms with Gasteiger partial charge in [-0.3, -0.25) is 9.30 Å². The van der Waals surface area contributed by atoms with Gasteiger partial charge in [-0.15, -0.1) is 24.0 Å². The number of hydrogen-bond donors (Lipinski definition) is 1. The highest BCUT2D eigenvalue weighted by Gasteiger charge is 2.28. The van der Waals surface area contributed by atoms with Crippen LogP contribution in [-0.4, -0.2) is 71.5 Å². The van der Waals surface area contributed by atoms with Crippen LogP contribution in [0.3, 0.4) is 0 Å². The van der Waals surface area contributed by atoms with Gasteiger partial charge >= 0.3 is 0 Å². The summed E-state index contributed by atoms with van der Waals surface area (Å²) in [4.78, 5) is 6.62. The van der Waals surface area contributed by atoms with Crippen LogP contribution in [0.4, 0.5) is 5.69 Å². The second-order valence-corrected chi connectivity index (χ2v) is 9.13. The van der Waals surface area contributed by atoms with E-state index in [1.54, 1.807) is 0 Å². The number of benzene rings is 1. The van der Waals surface area contributed by atoms with Crippen molar-refractivity contribution in [2.45, 2.75) is 19.8 Å². The van der Waals surface area contributed by atoms with E-state index in [-0.39, 0.29) is 36.3 Å². The fourth-order valence-corrected chi connectivity index (χ4v) is 5.03. The number of para-hydroxylation sites is 1. The second-order valence-electron chi connectivity index (χ2n) is 7.11. The van der Waals surface area contributed by atoms with Gasteiger partial charge in [0.1, 0.15) is 0 Å². The second kappa shape index (κ2) is 10.6. The van der Waals surface area contributed by atoms with Crippen molar-refractivity contribution in [2.24, 2.45) is 10.9 Å². The molecule has 2 aliphatic rings. The molecule has 1 aromatic rings. The molecule has 0 amide bonds. The predicted octanol–water partition coefficient (Wildman–Crippen LogP) is 1.93. The first-order valence-corrected chi connectivity index (χ1v) is 11.3. The van der Waals surface area contributed by atoms with Crippen molar-refractivity contribution < 1.29 is 13.2 Å². The Labute approximate surface area is 185 Å². The first-order chi connectivity index (χ1) is 13.0. The van der Waals surface area contributed by atoms with E-state index < -0.39 is 10.0 Å². The fraction of sp³-hybridized carbons (Fsp3) is 0.632. The summed E-state index contributed by atoms with van der Waals surface area (Å²) in [5, 5.41) is 3.25. The smallest absolute Gasteiger partial charge is 0.237 e. The topological polar surface area (TPSA) is 74.2 Å². The molecule has 1 saturated heterocycles. The number of halogens is 1. The number of nitrogens with zero attached hydrogens (tertiary/aromatic N) is 3. The molecule has 9 heteroatoms. The molecule has 3 rings (SSSR count). The van der Waals surface area contributed by atoms with Gasteiger partial charge in [-0.2, -0.15) is 0 Å². The van der Waals surface area contributed by atoms with Crippen molar-refractivity contribution in [2.75, 3.05) is 56.5 Å². The summed E-state index contributed by atoms with van der Waals surface area (Å²) in [7, 11) is -1.38. The van der Waals surface area contributed by atoms with Crippen molar-refractivity contribution in [3.05, 3.63) is 29.8 Å². The van der Waals surface area contributed by atoms with E-state index in [4.69, 9.17) is 4.74 Å². The molecule has 1 unspecified atom stereocenters. The molecule has 158 valence electrons. The van der Waals surface area contributed by atoms with Crippen LogP contribution in [-0.2, 0) is 21.2 Å². The minimum absolute atomic E-state index is 0. The Hall–Kier alpha value is -1.07. The highest BCUT2D eigenvalue weighted by Crippen LogP contribution is 2.29. The fourth-order valence-electron chi connectivity index (χ4n) is 3.64. The van der Waals surface area contributed by atoms with Crippen molar-refractivity contribution in [3.63, 3.8) is 0 Å². The normalized spacial score (nSPS) is 19.3. The van der Waals surface area contributed by atoms with Crippen LogP contribution in [0, 0.1) is 5.92 Å². The van der Waals surface area contributed by atoms with Crippen LogP contribution in [0.2, 0.25) is 0 Å². The van der Waals surface area contributed by atoms with E-state index >= 15 is 0 Å². The van der Waals surface area contributed by atoms with Gasteiger partial charge in [0.15, 0.2) is 5.96 Å². The van der Waals surface area contributed by atoms with Gasteiger partial charge in [0, 0.05) is 39.2 Å². The number of sulfonamides is 1. The Morgan fingerprint density at radius 3 is 2.89 bits per heavy atom. The monoisotopic (exact) mass is 522 g/mol. The number of ether oxygens (including phenoxy) is 1. The lowest BCUT2D eigenvalue weighted by molar-refractivity contribution is 0.181. The molecule has 2 aliphatic heterocycles. The van der Waals surface area contributed by atoms with E-state index in [9.17, 15) is 8.42 Å². The molecular weight excluding hydrogens is 491 g/mol. The van der Waals surface area contributed by atoms with E-state index in [1.165, 1.54) is 4.31 Å². The van der Waals surface area contributed by atoms with Gasteiger partial charge in [-0.05, 0) is 31.4 Å². The van der Waals surface area contributed by atoms with Gasteiger partial charge in [0.2, 0.25) is 10.0 Å². The SMILES string of the molecule is CCNC(=NCCS(=O)(=O)N1CCc2ccccc21)N(C)CC1CCOC1.I. The number of guanidine groups is 1. The molecule has 1 aromatic carbocycles. The molecule has 0 saturated carbocycles. The minimum Gasteiger partial charge on any atom is -0.381 e. The van der Waals surface area contributed by atoms with E-state index in [0.29, 0.717) is 12.5 Å².